The first kappa shape index (κ1) is 14.0. The highest BCUT2D eigenvalue weighted by Gasteiger charge is 2.30. The molecule has 2 rings (SSSR count). The fourth-order valence-electron chi connectivity index (χ4n) is 2.14. The van der Waals surface area contributed by atoms with Crippen molar-refractivity contribution in [3.05, 3.63) is 29.3 Å². The van der Waals surface area contributed by atoms with Crippen LogP contribution < -0.4 is 4.74 Å². The Morgan fingerprint density at radius 1 is 1.42 bits per heavy atom. The zero-order valence-electron chi connectivity index (χ0n) is 11.0. The monoisotopic (exact) mass is 283 g/mol. The summed E-state index contributed by atoms with van der Waals surface area (Å²) in [5.74, 6) is 0.384. The van der Waals surface area contributed by atoms with Gasteiger partial charge in [0.1, 0.15) is 5.75 Å². The zero-order chi connectivity index (χ0) is 14.0. The van der Waals surface area contributed by atoms with E-state index >= 15 is 0 Å². The lowest BCUT2D eigenvalue weighted by Gasteiger charge is -2.14. The molecule has 1 saturated heterocycles. The second-order valence-corrected chi connectivity index (χ2v) is 6.72. The number of Topliss-reactive ketones (excluding diaryl/α,β-unsaturated/α-hetero) is 1. The van der Waals surface area contributed by atoms with Crippen LogP contribution in [0.5, 0.6) is 5.75 Å². The van der Waals surface area contributed by atoms with Gasteiger partial charge in [-0.05, 0) is 31.0 Å². The zero-order valence-corrected chi connectivity index (χ0v) is 11.9. The summed E-state index contributed by atoms with van der Waals surface area (Å²) in [5.41, 5.74) is 1.41. The van der Waals surface area contributed by atoms with E-state index in [0.717, 1.165) is 5.56 Å². The topological polar surface area (TPSA) is 63.7 Å². The third-order valence-electron chi connectivity index (χ3n) is 3.18. The van der Waals surface area contributed by atoms with Crippen molar-refractivity contribution in [1.29, 1.82) is 0 Å². The van der Waals surface area contributed by atoms with E-state index in [2.05, 4.69) is 0 Å². The van der Waals surface area contributed by atoms with Crippen LogP contribution in [0, 0.1) is 6.92 Å². The molecule has 1 aliphatic heterocycles. The molecule has 0 radical (unpaired) electrons. The molecule has 0 amide bonds. The van der Waals surface area contributed by atoms with E-state index in [9.17, 15) is 13.2 Å². The van der Waals surface area contributed by atoms with Crippen LogP contribution in [0.15, 0.2) is 18.2 Å². The summed E-state index contributed by atoms with van der Waals surface area (Å²) in [6, 6.07) is 5.26. The predicted octanol–water partition coefficient (Wildman–Crippen LogP) is 1.22. The smallest absolute Gasteiger partial charge is 0.214 e. The molecule has 104 valence electrons. The number of carbonyl (C=O) groups is 1. The number of rotatable bonds is 4. The summed E-state index contributed by atoms with van der Waals surface area (Å²) < 4.78 is 29.8. The number of ether oxygens (including phenoxy) is 1. The molecular formula is C13H17NO4S. The minimum Gasteiger partial charge on any atom is -0.496 e. The van der Waals surface area contributed by atoms with Crippen LogP contribution in [0.1, 0.15) is 22.3 Å². The van der Waals surface area contributed by atoms with E-state index in [1.807, 2.05) is 13.0 Å². The van der Waals surface area contributed by atoms with Crippen LogP contribution in [0.4, 0.5) is 0 Å². The number of nitrogens with zero attached hydrogens (tertiary/aromatic N) is 1. The van der Waals surface area contributed by atoms with Crippen molar-refractivity contribution in [2.45, 2.75) is 13.3 Å². The van der Waals surface area contributed by atoms with Crippen molar-refractivity contribution >= 4 is 15.8 Å². The minimum atomic E-state index is -3.25. The molecule has 1 aromatic rings. The van der Waals surface area contributed by atoms with Gasteiger partial charge in [0.05, 0.1) is 25.0 Å². The molecule has 6 heteroatoms. The normalized spacial score (nSPS) is 18.4. The predicted molar refractivity (Wildman–Crippen MR) is 72.0 cm³/mol. The van der Waals surface area contributed by atoms with E-state index in [0.29, 0.717) is 24.3 Å². The van der Waals surface area contributed by atoms with E-state index < -0.39 is 10.0 Å². The van der Waals surface area contributed by atoms with Crippen LogP contribution in [-0.2, 0) is 10.0 Å². The van der Waals surface area contributed by atoms with Gasteiger partial charge in [-0.1, -0.05) is 6.07 Å². The number of aryl methyl sites for hydroxylation is 1. The van der Waals surface area contributed by atoms with Crippen molar-refractivity contribution in [3.8, 4) is 5.75 Å². The van der Waals surface area contributed by atoms with E-state index in [-0.39, 0.29) is 18.1 Å². The molecular weight excluding hydrogens is 266 g/mol. The number of hydrogen-bond acceptors (Lipinski definition) is 4. The van der Waals surface area contributed by atoms with Gasteiger partial charge in [0.25, 0.3) is 0 Å². The number of hydrogen-bond donors (Lipinski definition) is 0. The summed E-state index contributed by atoms with van der Waals surface area (Å²) in [4.78, 5) is 12.2. The van der Waals surface area contributed by atoms with Crippen LogP contribution in [0.3, 0.4) is 0 Å². The fourth-order valence-corrected chi connectivity index (χ4v) is 3.62. The number of methoxy groups -OCH3 is 1. The fraction of sp³-hybridized carbons (Fsp3) is 0.462. The summed E-state index contributed by atoms with van der Waals surface area (Å²) in [7, 11) is -1.75. The molecule has 0 unspecified atom stereocenters. The Bertz CT molecular complexity index is 595. The molecule has 1 fully saturated rings. The first-order chi connectivity index (χ1) is 8.94. The van der Waals surface area contributed by atoms with Crippen LogP contribution in [0.25, 0.3) is 0 Å². The summed E-state index contributed by atoms with van der Waals surface area (Å²) in [5, 5.41) is 0. The Morgan fingerprint density at radius 3 is 2.74 bits per heavy atom. The number of benzene rings is 1. The SMILES string of the molecule is COc1cc(C)ccc1C(=O)CN1CCCS1(=O)=O. The highest BCUT2D eigenvalue weighted by atomic mass is 32.2. The molecule has 1 aliphatic rings. The molecule has 0 saturated carbocycles. The molecule has 0 aromatic heterocycles. The van der Waals surface area contributed by atoms with E-state index in [1.54, 1.807) is 12.1 Å². The van der Waals surface area contributed by atoms with Crippen LogP contribution >= 0.6 is 0 Å². The van der Waals surface area contributed by atoms with Gasteiger partial charge in [0.2, 0.25) is 10.0 Å². The van der Waals surface area contributed by atoms with Gasteiger partial charge < -0.3 is 4.74 Å². The number of carbonyl (C=O) groups excluding carboxylic acids is 1. The second kappa shape index (κ2) is 5.30. The Labute approximate surface area is 113 Å². The molecule has 19 heavy (non-hydrogen) atoms. The number of sulfonamides is 1. The third kappa shape index (κ3) is 2.96. The minimum absolute atomic E-state index is 0.109. The highest BCUT2D eigenvalue weighted by molar-refractivity contribution is 7.89. The van der Waals surface area contributed by atoms with E-state index in [1.165, 1.54) is 11.4 Å². The Hall–Kier alpha value is -1.40. The molecule has 0 spiro atoms. The maximum Gasteiger partial charge on any atom is 0.214 e. The van der Waals surface area contributed by atoms with Crippen molar-refractivity contribution in [1.82, 2.24) is 4.31 Å². The van der Waals surface area contributed by atoms with Gasteiger partial charge in [-0.2, -0.15) is 4.31 Å². The first-order valence-electron chi connectivity index (χ1n) is 6.10. The average molecular weight is 283 g/mol. The summed E-state index contributed by atoms with van der Waals surface area (Å²) in [6.07, 6.45) is 0.584. The Kier molecular flexibility index (Phi) is 3.91. The highest BCUT2D eigenvalue weighted by Crippen LogP contribution is 2.22. The molecule has 1 heterocycles. The van der Waals surface area contributed by atoms with E-state index in [4.69, 9.17) is 4.74 Å². The van der Waals surface area contributed by atoms with Crippen molar-refractivity contribution in [2.24, 2.45) is 0 Å². The summed E-state index contributed by atoms with van der Waals surface area (Å²) >= 11 is 0. The van der Waals surface area contributed by atoms with Gasteiger partial charge in [-0.25, -0.2) is 8.42 Å². The lowest BCUT2D eigenvalue weighted by Crippen LogP contribution is -2.31. The molecule has 1 aromatic carbocycles. The van der Waals surface area contributed by atoms with Gasteiger partial charge >= 0.3 is 0 Å². The average Bonchev–Trinajstić information content (AvgIpc) is 2.68. The van der Waals surface area contributed by atoms with Gasteiger partial charge in [0.15, 0.2) is 5.78 Å². The van der Waals surface area contributed by atoms with Crippen molar-refractivity contribution in [3.63, 3.8) is 0 Å². The maximum atomic E-state index is 12.2. The standard InChI is InChI=1S/C13H17NO4S/c1-10-4-5-11(13(8-10)18-2)12(15)9-14-6-3-7-19(14,16)17/h4-5,8H,3,6-7,9H2,1-2H3. The van der Waals surface area contributed by atoms with Gasteiger partial charge in [-0.15, -0.1) is 0 Å². The molecule has 0 atom stereocenters. The van der Waals surface area contributed by atoms with Crippen molar-refractivity contribution < 1.29 is 17.9 Å². The largest absolute Gasteiger partial charge is 0.496 e. The quantitative estimate of drug-likeness (QED) is 0.779. The lowest BCUT2D eigenvalue weighted by atomic mass is 10.1. The third-order valence-corrected chi connectivity index (χ3v) is 5.08. The van der Waals surface area contributed by atoms with Gasteiger partial charge in [0, 0.05) is 6.54 Å². The van der Waals surface area contributed by atoms with Gasteiger partial charge in [-0.3, -0.25) is 4.79 Å². The van der Waals surface area contributed by atoms with Crippen LogP contribution in [-0.4, -0.2) is 44.5 Å². The number of ketones is 1. The molecule has 5 nitrogen and oxygen atoms in total. The molecule has 0 N–H and O–H groups in total. The second-order valence-electron chi connectivity index (χ2n) is 4.63. The molecule has 0 aliphatic carbocycles. The lowest BCUT2D eigenvalue weighted by molar-refractivity contribution is 0.0966. The summed E-state index contributed by atoms with van der Waals surface area (Å²) in [6.45, 7) is 2.21. The van der Waals surface area contributed by atoms with Crippen LogP contribution in [0.2, 0.25) is 0 Å². The Morgan fingerprint density at radius 2 is 2.16 bits per heavy atom. The Balaban J connectivity index is 2.21. The van der Waals surface area contributed by atoms with Crippen molar-refractivity contribution in [2.75, 3.05) is 26.0 Å². The first-order valence-corrected chi connectivity index (χ1v) is 7.70. The maximum absolute atomic E-state index is 12.2. The molecule has 0 bridgehead atoms.